The molecule has 0 unspecified atom stereocenters. The number of aliphatic hydroxyl groups excluding tert-OH is 1. The van der Waals surface area contributed by atoms with Crippen LogP contribution in [0.25, 0.3) is 0 Å². The maximum absolute atomic E-state index is 12.4. The first-order valence-electron chi connectivity index (χ1n) is 6.26. The van der Waals surface area contributed by atoms with Gasteiger partial charge in [-0.3, -0.25) is 4.79 Å². The first kappa shape index (κ1) is 13.4. The van der Waals surface area contributed by atoms with Crippen molar-refractivity contribution in [1.82, 2.24) is 4.90 Å². The summed E-state index contributed by atoms with van der Waals surface area (Å²) in [4.78, 5) is 14.2. The Labute approximate surface area is 112 Å². The van der Waals surface area contributed by atoms with E-state index in [1.807, 2.05) is 24.3 Å². The second kappa shape index (κ2) is 6.25. The molecule has 0 aliphatic carbocycles. The lowest BCUT2D eigenvalue weighted by Gasteiger charge is -2.23. The van der Waals surface area contributed by atoms with Crippen molar-refractivity contribution in [3.8, 4) is 0 Å². The van der Waals surface area contributed by atoms with Crippen LogP contribution in [0, 0.1) is 0 Å². The van der Waals surface area contributed by atoms with Gasteiger partial charge in [0, 0.05) is 17.9 Å². The van der Waals surface area contributed by atoms with Gasteiger partial charge in [0.15, 0.2) is 0 Å². The van der Waals surface area contributed by atoms with E-state index in [1.54, 1.807) is 16.7 Å². The molecule has 18 heavy (non-hydrogen) atoms. The molecule has 1 fully saturated rings. The summed E-state index contributed by atoms with van der Waals surface area (Å²) in [5.74, 6) is 0.972. The van der Waals surface area contributed by atoms with Gasteiger partial charge >= 0.3 is 0 Å². The maximum Gasteiger partial charge on any atom is 0.254 e. The Kier molecular flexibility index (Phi) is 4.66. The van der Waals surface area contributed by atoms with E-state index in [-0.39, 0.29) is 18.6 Å². The number of rotatable bonds is 4. The van der Waals surface area contributed by atoms with Gasteiger partial charge in [0.1, 0.15) is 0 Å². The van der Waals surface area contributed by atoms with Crippen molar-refractivity contribution < 1.29 is 9.90 Å². The number of carbonyl (C=O) groups is 1. The minimum atomic E-state index is 0.00158. The molecule has 1 aromatic rings. The molecule has 0 bridgehead atoms. The van der Waals surface area contributed by atoms with Gasteiger partial charge in [-0.15, -0.1) is 0 Å². The van der Waals surface area contributed by atoms with Crippen LogP contribution in [0.5, 0.6) is 0 Å². The SMILES string of the molecule is CSCc1cccc(C(=O)N2CCC[C@@H]2CO)c1. The highest BCUT2D eigenvalue weighted by Gasteiger charge is 2.28. The molecule has 98 valence electrons. The topological polar surface area (TPSA) is 40.5 Å². The molecular weight excluding hydrogens is 246 g/mol. The second-order valence-corrected chi connectivity index (χ2v) is 5.48. The molecule has 1 aliphatic heterocycles. The van der Waals surface area contributed by atoms with Crippen LogP contribution in [-0.2, 0) is 5.75 Å². The van der Waals surface area contributed by atoms with Gasteiger partial charge in [-0.05, 0) is 36.8 Å². The molecule has 0 spiro atoms. The summed E-state index contributed by atoms with van der Waals surface area (Å²) in [7, 11) is 0. The van der Waals surface area contributed by atoms with Crippen molar-refractivity contribution >= 4 is 17.7 Å². The number of likely N-dealkylation sites (tertiary alicyclic amines) is 1. The lowest BCUT2D eigenvalue weighted by atomic mass is 10.1. The summed E-state index contributed by atoms with van der Waals surface area (Å²) in [6.45, 7) is 0.826. The Morgan fingerprint density at radius 1 is 1.56 bits per heavy atom. The summed E-state index contributed by atoms with van der Waals surface area (Å²) < 4.78 is 0. The average molecular weight is 265 g/mol. The molecule has 1 aromatic carbocycles. The van der Waals surface area contributed by atoms with Crippen LogP contribution in [0.15, 0.2) is 24.3 Å². The maximum atomic E-state index is 12.4. The van der Waals surface area contributed by atoms with Gasteiger partial charge in [-0.1, -0.05) is 12.1 Å². The molecule has 1 amide bonds. The second-order valence-electron chi connectivity index (χ2n) is 4.61. The molecule has 2 rings (SSSR count). The highest BCUT2D eigenvalue weighted by atomic mass is 32.2. The number of amides is 1. The number of benzene rings is 1. The lowest BCUT2D eigenvalue weighted by molar-refractivity contribution is 0.0677. The van der Waals surface area contributed by atoms with E-state index in [2.05, 4.69) is 6.26 Å². The fourth-order valence-corrected chi connectivity index (χ4v) is 2.93. The third-order valence-electron chi connectivity index (χ3n) is 3.33. The minimum absolute atomic E-state index is 0.00158. The molecule has 1 atom stereocenters. The first-order chi connectivity index (χ1) is 8.76. The number of carbonyl (C=O) groups excluding carboxylic acids is 1. The molecule has 0 aromatic heterocycles. The number of nitrogens with zero attached hydrogens (tertiary/aromatic N) is 1. The summed E-state index contributed by atoms with van der Waals surface area (Å²) >= 11 is 1.75. The minimum Gasteiger partial charge on any atom is -0.394 e. The number of aliphatic hydroxyl groups is 1. The van der Waals surface area contributed by atoms with Crippen LogP contribution < -0.4 is 0 Å². The fraction of sp³-hybridized carbons (Fsp3) is 0.500. The van der Waals surface area contributed by atoms with Crippen molar-refractivity contribution in [3.05, 3.63) is 35.4 Å². The van der Waals surface area contributed by atoms with Crippen LogP contribution >= 0.6 is 11.8 Å². The van der Waals surface area contributed by atoms with Gasteiger partial charge < -0.3 is 10.0 Å². The van der Waals surface area contributed by atoms with Gasteiger partial charge in [-0.2, -0.15) is 11.8 Å². The molecule has 1 saturated heterocycles. The first-order valence-corrected chi connectivity index (χ1v) is 7.65. The monoisotopic (exact) mass is 265 g/mol. The highest BCUT2D eigenvalue weighted by molar-refractivity contribution is 7.97. The lowest BCUT2D eigenvalue weighted by Crippen LogP contribution is -2.37. The zero-order chi connectivity index (χ0) is 13.0. The zero-order valence-corrected chi connectivity index (χ0v) is 11.4. The molecule has 1 N–H and O–H groups in total. The zero-order valence-electron chi connectivity index (χ0n) is 10.6. The molecule has 0 saturated carbocycles. The van der Waals surface area contributed by atoms with Crippen LogP contribution in [0.3, 0.4) is 0 Å². The molecule has 3 nitrogen and oxygen atoms in total. The average Bonchev–Trinajstić information content (AvgIpc) is 2.87. The quantitative estimate of drug-likeness (QED) is 0.907. The van der Waals surface area contributed by atoms with E-state index in [9.17, 15) is 9.90 Å². The van der Waals surface area contributed by atoms with E-state index >= 15 is 0 Å². The van der Waals surface area contributed by atoms with Gasteiger partial charge in [0.25, 0.3) is 5.91 Å². The Morgan fingerprint density at radius 2 is 2.39 bits per heavy atom. The van der Waals surface area contributed by atoms with E-state index in [0.29, 0.717) is 0 Å². The summed E-state index contributed by atoms with van der Waals surface area (Å²) in [6.07, 6.45) is 3.95. The van der Waals surface area contributed by atoms with E-state index in [1.165, 1.54) is 5.56 Å². The Hall–Kier alpha value is -1.00. The van der Waals surface area contributed by atoms with E-state index in [0.717, 1.165) is 30.7 Å². The van der Waals surface area contributed by atoms with Crippen LogP contribution in [0.1, 0.15) is 28.8 Å². The fourth-order valence-electron chi connectivity index (χ4n) is 2.42. The molecule has 4 heteroatoms. The van der Waals surface area contributed by atoms with Crippen molar-refractivity contribution in [1.29, 1.82) is 0 Å². The molecule has 1 heterocycles. The smallest absolute Gasteiger partial charge is 0.254 e. The normalized spacial score (nSPS) is 19.2. The summed E-state index contributed by atoms with van der Waals surface area (Å²) in [5.41, 5.74) is 1.91. The molecular formula is C14H19NO2S. The number of hydrogen-bond donors (Lipinski definition) is 1. The number of hydrogen-bond acceptors (Lipinski definition) is 3. The van der Waals surface area contributed by atoms with Crippen molar-refractivity contribution in [2.75, 3.05) is 19.4 Å². The standard InChI is InChI=1S/C14H19NO2S/c1-18-10-11-4-2-5-12(8-11)14(17)15-7-3-6-13(15)9-16/h2,4-5,8,13,16H,3,6-7,9-10H2,1H3/t13-/m1/s1. The Balaban J connectivity index is 2.15. The predicted molar refractivity (Wildman–Crippen MR) is 74.8 cm³/mol. The van der Waals surface area contributed by atoms with Crippen LogP contribution in [-0.4, -0.2) is 41.4 Å². The summed E-state index contributed by atoms with van der Waals surface area (Å²) in [5, 5.41) is 9.27. The highest BCUT2D eigenvalue weighted by Crippen LogP contribution is 2.20. The van der Waals surface area contributed by atoms with E-state index in [4.69, 9.17) is 0 Å². The van der Waals surface area contributed by atoms with Crippen molar-refractivity contribution in [3.63, 3.8) is 0 Å². The van der Waals surface area contributed by atoms with Gasteiger partial charge in [0.2, 0.25) is 0 Å². The van der Waals surface area contributed by atoms with Crippen LogP contribution in [0.4, 0.5) is 0 Å². The Bertz CT molecular complexity index is 422. The van der Waals surface area contributed by atoms with Crippen molar-refractivity contribution in [2.45, 2.75) is 24.6 Å². The third kappa shape index (κ3) is 2.87. The van der Waals surface area contributed by atoms with Crippen molar-refractivity contribution in [2.24, 2.45) is 0 Å². The van der Waals surface area contributed by atoms with Gasteiger partial charge in [-0.25, -0.2) is 0 Å². The predicted octanol–water partition coefficient (Wildman–Crippen LogP) is 2.15. The summed E-state index contributed by atoms with van der Waals surface area (Å²) in [6, 6.07) is 7.80. The van der Waals surface area contributed by atoms with Gasteiger partial charge in [0.05, 0.1) is 12.6 Å². The largest absolute Gasteiger partial charge is 0.394 e. The van der Waals surface area contributed by atoms with E-state index < -0.39 is 0 Å². The number of thioether (sulfide) groups is 1. The molecule has 0 radical (unpaired) electrons. The molecule has 1 aliphatic rings. The Morgan fingerprint density at radius 3 is 3.11 bits per heavy atom. The third-order valence-corrected chi connectivity index (χ3v) is 3.96. The van der Waals surface area contributed by atoms with Crippen LogP contribution in [0.2, 0.25) is 0 Å².